The lowest BCUT2D eigenvalue weighted by atomic mass is 10.2. The second kappa shape index (κ2) is 5.74. The van der Waals surface area contributed by atoms with Crippen LogP contribution in [-0.2, 0) is 13.0 Å². The fourth-order valence-corrected chi connectivity index (χ4v) is 3.71. The smallest absolute Gasteiger partial charge is 0.258 e. The predicted molar refractivity (Wildman–Crippen MR) is 84.6 cm³/mol. The Morgan fingerprint density at radius 3 is 3.10 bits per heavy atom. The first kappa shape index (κ1) is 13.9. The zero-order valence-electron chi connectivity index (χ0n) is 10.4. The predicted octanol–water partition coefficient (Wildman–Crippen LogP) is 2.78. The number of halogens is 2. The molecule has 0 aliphatic carbocycles. The van der Waals surface area contributed by atoms with Gasteiger partial charge in [0.05, 0.1) is 11.3 Å². The fraction of sp³-hybridized carbons (Fsp3) is 0.231. The van der Waals surface area contributed by atoms with Gasteiger partial charge < -0.3 is 5.32 Å². The molecule has 1 amide bonds. The van der Waals surface area contributed by atoms with Gasteiger partial charge in [0.25, 0.3) is 5.91 Å². The van der Waals surface area contributed by atoms with E-state index in [2.05, 4.69) is 15.6 Å². The van der Waals surface area contributed by atoms with E-state index in [1.165, 1.54) is 34.4 Å². The van der Waals surface area contributed by atoms with E-state index in [0.717, 1.165) is 25.2 Å². The molecule has 0 saturated heterocycles. The number of rotatable bonds is 2. The van der Waals surface area contributed by atoms with Crippen LogP contribution >= 0.6 is 33.9 Å². The number of aromatic nitrogens is 1. The second-order valence-corrected chi connectivity index (χ2v) is 6.64. The lowest BCUT2D eigenvalue weighted by molar-refractivity contribution is 0.102. The fourth-order valence-electron chi connectivity index (χ4n) is 2.02. The molecule has 0 spiro atoms. The Labute approximate surface area is 132 Å². The highest BCUT2D eigenvalue weighted by Crippen LogP contribution is 2.26. The molecule has 0 bridgehead atoms. The van der Waals surface area contributed by atoms with Crippen molar-refractivity contribution < 1.29 is 9.18 Å². The number of hydrogen-bond donors (Lipinski definition) is 2. The minimum atomic E-state index is -0.346. The van der Waals surface area contributed by atoms with Crippen molar-refractivity contribution in [3.8, 4) is 0 Å². The molecule has 2 N–H and O–H groups in total. The number of amides is 1. The Balaban J connectivity index is 1.80. The summed E-state index contributed by atoms with van der Waals surface area (Å²) in [5, 5.41) is 6.66. The van der Waals surface area contributed by atoms with Gasteiger partial charge in [0.15, 0.2) is 5.13 Å². The normalized spacial score (nSPS) is 13.9. The first-order valence-corrected chi connectivity index (χ1v) is 7.99. The molecule has 1 aromatic heterocycles. The van der Waals surface area contributed by atoms with Crippen molar-refractivity contribution in [2.45, 2.75) is 13.0 Å². The molecule has 4 nitrogen and oxygen atoms in total. The SMILES string of the molecule is O=C(Nc1nc2c(s1)CNCC2)c1ccc(F)cc1I. The number of carbonyl (C=O) groups is 1. The van der Waals surface area contributed by atoms with E-state index < -0.39 is 0 Å². The second-order valence-electron chi connectivity index (χ2n) is 4.39. The Hall–Kier alpha value is -1.06. The minimum absolute atomic E-state index is 0.256. The topological polar surface area (TPSA) is 54.0 Å². The maximum Gasteiger partial charge on any atom is 0.258 e. The van der Waals surface area contributed by atoms with Gasteiger partial charge in [0.1, 0.15) is 5.82 Å². The molecule has 1 aliphatic heterocycles. The standard InChI is InChI=1S/C13H11FIN3OS/c14-7-1-2-8(9(15)5-7)12(19)18-13-17-10-3-4-16-6-11(10)20-13/h1-2,5,16H,3-4,6H2,(H,17,18,19). The minimum Gasteiger partial charge on any atom is -0.311 e. The van der Waals surface area contributed by atoms with Crippen LogP contribution < -0.4 is 10.6 Å². The van der Waals surface area contributed by atoms with Crippen LogP contribution in [0, 0.1) is 9.39 Å². The number of carbonyl (C=O) groups excluding carboxylic acids is 1. The number of nitrogens with one attached hydrogen (secondary N) is 2. The van der Waals surface area contributed by atoms with Crippen LogP contribution in [0.3, 0.4) is 0 Å². The number of thiazole rings is 1. The first-order chi connectivity index (χ1) is 9.63. The first-order valence-electron chi connectivity index (χ1n) is 6.09. The summed E-state index contributed by atoms with van der Waals surface area (Å²) in [7, 11) is 0. The van der Waals surface area contributed by atoms with E-state index in [4.69, 9.17) is 0 Å². The van der Waals surface area contributed by atoms with E-state index in [1.807, 2.05) is 22.6 Å². The molecular weight excluding hydrogens is 392 g/mol. The Bertz CT molecular complexity index is 650. The monoisotopic (exact) mass is 403 g/mol. The lowest BCUT2D eigenvalue weighted by Gasteiger charge is -2.09. The third kappa shape index (κ3) is 2.84. The van der Waals surface area contributed by atoms with Crippen LogP contribution in [0.2, 0.25) is 0 Å². The summed E-state index contributed by atoms with van der Waals surface area (Å²) in [5.74, 6) is -0.602. The van der Waals surface area contributed by atoms with Crippen LogP contribution in [0.15, 0.2) is 18.2 Å². The van der Waals surface area contributed by atoms with E-state index in [9.17, 15) is 9.18 Å². The van der Waals surface area contributed by atoms with Crippen LogP contribution in [0.5, 0.6) is 0 Å². The third-order valence-corrected chi connectivity index (χ3v) is 4.90. The molecule has 1 aromatic carbocycles. The summed E-state index contributed by atoms with van der Waals surface area (Å²) < 4.78 is 13.6. The molecule has 0 atom stereocenters. The molecule has 1 aliphatic rings. The Morgan fingerprint density at radius 2 is 2.35 bits per heavy atom. The van der Waals surface area contributed by atoms with Gasteiger partial charge in [0.2, 0.25) is 0 Å². The number of benzene rings is 1. The molecule has 2 aromatic rings. The average molecular weight is 403 g/mol. The van der Waals surface area contributed by atoms with E-state index in [1.54, 1.807) is 0 Å². The van der Waals surface area contributed by atoms with Crippen LogP contribution in [-0.4, -0.2) is 17.4 Å². The average Bonchev–Trinajstić information content (AvgIpc) is 2.80. The van der Waals surface area contributed by atoms with Crippen molar-refractivity contribution >= 4 is 45.0 Å². The zero-order valence-corrected chi connectivity index (χ0v) is 13.3. The molecule has 0 unspecified atom stereocenters. The van der Waals surface area contributed by atoms with E-state index in [-0.39, 0.29) is 11.7 Å². The molecule has 3 rings (SSSR count). The molecule has 20 heavy (non-hydrogen) atoms. The van der Waals surface area contributed by atoms with Crippen molar-refractivity contribution in [2.75, 3.05) is 11.9 Å². The number of fused-ring (bicyclic) bond motifs is 1. The highest BCUT2D eigenvalue weighted by molar-refractivity contribution is 14.1. The summed E-state index contributed by atoms with van der Waals surface area (Å²) in [6.07, 6.45) is 0.885. The molecule has 2 heterocycles. The van der Waals surface area contributed by atoms with Gasteiger partial charge >= 0.3 is 0 Å². The highest BCUT2D eigenvalue weighted by Gasteiger charge is 2.17. The molecular formula is C13H11FIN3OS. The van der Waals surface area contributed by atoms with Gasteiger partial charge in [-0.25, -0.2) is 9.37 Å². The molecule has 0 fully saturated rings. The van der Waals surface area contributed by atoms with Crippen LogP contribution in [0.1, 0.15) is 20.9 Å². The van der Waals surface area contributed by atoms with E-state index in [0.29, 0.717) is 14.3 Å². The maximum atomic E-state index is 13.0. The van der Waals surface area contributed by atoms with Crippen LogP contribution in [0.4, 0.5) is 9.52 Å². The Morgan fingerprint density at radius 1 is 1.50 bits per heavy atom. The summed E-state index contributed by atoms with van der Waals surface area (Å²) >= 11 is 3.44. The zero-order chi connectivity index (χ0) is 14.1. The quantitative estimate of drug-likeness (QED) is 0.759. The molecule has 104 valence electrons. The van der Waals surface area contributed by atoms with Crippen molar-refractivity contribution in [1.82, 2.24) is 10.3 Å². The van der Waals surface area contributed by atoms with Gasteiger partial charge in [-0.05, 0) is 40.8 Å². The van der Waals surface area contributed by atoms with Gasteiger partial charge in [-0.2, -0.15) is 0 Å². The van der Waals surface area contributed by atoms with Crippen LogP contribution in [0.25, 0.3) is 0 Å². The van der Waals surface area contributed by atoms with Gasteiger partial charge in [-0.3, -0.25) is 10.1 Å². The number of hydrogen-bond acceptors (Lipinski definition) is 4. The van der Waals surface area contributed by atoms with Crippen molar-refractivity contribution in [3.05, 3.63) is 43.7 Å². The van der Waals surface area contributed by atoms with E-state index >= 15 is 0 Å². The summed E-state index contributed by atoms with van der Waals surface area (Å²) in [5.41, 5.74) is 1.51. The molecule has 7 heteroatoms. The number of nitrogens with zero attached hydrogens (tertiary/aromatic N) is 1. The largest absolute Gasteiger partial charge is 0.311 e. The summed E-state index contributed by atoms with van der Waals surface area (Å²) in [6, 6.07) is 4.11. The Kier molecular flexibility index (Phi) is 3.99. The number of anilines is 1. The summed E-state index contributed by atoms with van der Waals surface area (Å²) in [6.45, 7) is 1.72. The molecule has 0 radical (unpaired) electrons. The lowest BCUT2D eigenvalue weighted by Crippen LogP contribution is -2.22. The molecule has 0 saturated carbocycles. The van der Waals surface area contributed by atoms with Crippen molar-refractivity contribution in [2.24, 2.45) is 0 Å². The van der Waals surface area contributed by atoms with Gasteiger partial charge in [0, 0.05) is 28.0 Å². The highest BCUT2D eigenvalue weighted by atomic mass is 127. The maximum absolute atomic E-state index is 13.0. The van der Waals surface area contributed by atoms with Crippen molar-refractivity contribution in [1.29, 1.82) is 0 Å². The van der Waals surface area contributed by atoms with Crippen molar-refractivity contribution in [3.63, 3.8) is 0 Å². The third-order valence-electron chi connectivity index (χ3n) is 3.00. The summed E-state index contributed by atoms with van der Waals surface area (Å²) in [4.78, 5) is 17.8. The van der Waals surface area contributed by atoms with Gasteiger partial charge in [-0.1, -0.05) is 0 Å². The van der Waals surface area contributed by atoms with Gasteiger partial charge in [-0.15, -0.1) is 11.3 Å².